The molecule has 0 fully saturated rings. The summed E-state index contributed by atoms with van der Waals surface area (Å²) in [7, 11) is 1.51. The molecule has 0 aliphatic heterocycles. The Morgan fingerprint density at radius 1 is 1.25 bits per heavy atom. The lowest BCUT2D eigenvalue weighted by Crippen LogP contribution is -2.24. The molecule has 5 heteroatoms. The molecule has 0 aliphatic rings. The fraction of sp³-hybridized carbons (Fsp3) is 0.467. The minimum atomic E-state index is -0.499. The van der Waals surface area contributed by atoms with E-state index in [1.165, 1.54) is 7.11 Å². The van der Waals surface area contributed by atoms with Gasteiger partial charge in [-0.25, -0.2) is 0 Å². The first-order valence-corrected chi connectivity index (χ1v) is 6.28. The number of carbonyl (C=O) groups is 1. The van der Waals surface area contributed by atoms with Gasteiger partial charge in [0.2, 0.25) is 0 Å². The van der Waals surface area contributed by atoms with Crippen molar-refractivity contribution in [2.24, 2.45) is 0 Å². The third-order valence-electron chi connectivity index (χ3n) is 2.24. The normalized spacial score (nSPS) is 10.6. The summed E-state index contributed by atoms with van der Waals surface area (Å²) < 4.78 is 15.7. The minimum absolute atomic E-state index is 0.149. The molecule has 0 bridgehead atoms. The van der Waals surface area contributed by atoms with E-state index in [1.54, 1.807) is 18.2 Å². The van der Waals surface area contributed by atoms with Gasteiger partial charge in [-0.3, -0.25) is 4.79 Å². The minimum Gasteiger partial charge on any atom is -0.497 e. The first-order valence-electron chi connectivity index (χ1n) is 6.28. The molecule has 1 aromatic carbocycles. The summed E-state index contributed by atoms with van der Waals surface area (Å²) in [6.45, 7) is 5.62. The molecule has 0 radical (unpaired) electrons. The standard InChI is InChI=1S/C15H19NO4/c1-15(2,3)20-14(17)5-6-19-13-8-11(10-16)7-12(9-13)18-4/h7-9H,5-6H2,1-4H3. The maximum atomic E-state index is 11.5. The van der Waals surface area contributed by atoms with Crippen molar-refractivity contribution in [2.45, 2.75) is 32.8 Å². The second-order valence-electron chi connectivity index (χ2n) is 5.19. The second kappa shape index (κ2) is 6.80. The monoisotopic (exact) mass is 277 g/mol. The van der Waals surface area contributed by atoms with Crippen molar-refractivity contribution >= 4 is 5.97 Å². The zero-order valence-corrected chi connectivity index (χ0v) is 12.2. The molecule has 0 heterocycles. The summed E-state index contributed by atoms with van der Waals surface area (Å²) in [4.78, 5) is 11.5. The Balaban J connectivity index is 2.54. The summed E-state index contributed by atoms with van der Waals surface area (Å²) in [5.74, 6) is 0.710. The zero-order valence-electron chi connectivity index (χ0n) is 12.2. The van der Waals surface area contributed by atoms with Gasteiger partial charge in [-0.2, -0.15) is 5.26 Å². The van der Waals surface area contributed by atoms with E-state index in [4.69, 9.17) is 19.5 Å². The van der Waals surface area contributed by atoms with E-state index in [9.17, 15) is 4.79 Å². The molecule has 0 spiro atoms. The number of nitrogens with zero attached hydrogens (tertiary/aromatic N) is 1. The van der Waals surface area contributed by atoms with E-state index < -0.39 is 5.60 Å². The first-order chi connectivity index (χ1) is 9.34. The van der Waals surface area contributed by atoms with Crippen LogP contribution in [0.4, 0.5) is 0 Å². The topological polar surface area (TPSA) is 68.5 Å². The fourth-order valence-corrected chi connectivity index (χ4v) is 1.48. The molecule has 0 N–H and O–H groups in total. The lowest BCUT2D eigenvalue weighted by Gasteiger charge is -2.19. The molecule has 1 aromatic rings. The molecule has 1 rings (SSSR count). The molecule has 0 aliphatic carbocycles. The van der Waals surface area contributed by atoms with Crippen LogP contribution in [0.3, 0.4) is 0 Å². The van der Waals surface area contributed by atoms with Gasteiger partial charge < -0.3 is 14.2 Å². The van der Waals surface area contributed by atoms with Crippen LogP contribution in [-0.4, -0.2) is 25.3 Å². The number of hydrogen-bond donors (Lipinski definition) is 0. The number of esters is 1. The van der Waals surface area contributed by atoms with Gasteiger partial charge in [-0.15, -0.1) is 0 Å². The number of carbonyl (C=O) groups excluding carboxylic acids is 1. The number of rotatable bonds is 5. The van der Waals surface area contributed by atoms with E-state index >= 15 is 0 Å². The van der Waals surface area contributed by atoms with E-state index in [0.717, 1.165) is 0 Å². The summed E-state index contributed by atoms with van der Waals surface area (Å²) >= 11 is 0. The Hall–Kier alpha value is -2.22. The molecular weight excluding hydrogens is 258 g/mol. The van der Waals surface area contributed by atoms with Gasteiger partial charge in [-0.1, -0.05) is 0 Å². The Kier molecular flexibility index (Phi) is 5.39. The van der Waals surface area contributed by atoms with Gasteiger partial charge in [0, 0.05) is 6.07 Å². The van der Waals surface area contributed by atoms with Crippen molar-refractivity contribution in [1.29, 1.82) is 5.26 Å². The highest BCUT2D eigenvalue weighted by Crippen LogP contribution is 2.22. The fourth-order valence-electron chi connectivity index (χ4n) is 1.48. The summed E-state index contributed by atoms with van der Waals surface area (Å²) in [6.07, 6.45) is 0.149. The largest absolute Gasteiger partial charge is 0.497 e. The van der Waals surface area contributed by atoms with Crippen molar-refractivity contribution < 1.29 is 19.0 Å². The van der Waals surface area contributed by atoms with Crippen LogP contribution in [0, 0.1) is 11.3 Å². The van der Waals surface area contributed by atoms with Crippen LogP contribution in [0.1, 0.15) is 32.8 Å². The van der Waals surface area contributed by atoms with Gasteiger partial charge in [0.25, 0.3) is 0 Å². The van der Waals surface area contributed by atoms with Gasteiger partial charge in [0.1, 0.15) is 17.1 Å². The highest BCUT2D eigenvalue weighted by Gasteiger charge is 2.16. The van der Waals surface area contributed by atoms with Crippen LogP contribution < -0.4 is 9.47 Å². The molecule has 0 atom stereocenters. The Bertz CT molecular complexity index is 512. The molecule has 0 amide bonds. The lowest BCUT2D eigenvalue weighted by molar-refractivity contribution is -0.155. The maximum Gasteiger partial charge on any atom is 0.309 e. The van der Waals surface area contributed by atoms with E-state index in [-0.39, 0.29) is 19.0 Å². The first kappa shape index (κ1) is 15.8. The second-order valence-corrected chi connectivity index (χ2v) is 5.19. The third-order valence-corrected chi connectivity index (χ3v) is 2.24. The molecule has 108 valence electrons. The van der Waals surface area contributed by atoms with Crippen LogP contribution in [-0.2, 0) is 9.53 Å². The van der Waals surface area contributed by atoms with E-state index in [1.807, 2.05) is 26.8 Å². The third kappa shape index (κ3) is 5.61. The number of ether oxygens (including phenoxy) is 3. The highest BCUT2D eigenvalue weighted by molar-refractivity contribution is 5.70. The summed E-state index contributed by atoms with van der Waals surface area (Å²) in [6, 6.07) is 6.89. The predicted octanol–water partition coefficient (Wildman–Crippen LogP) is 2.68. The van der Waals surface area contributed by atoms with Crippen LogP contribution in [0.25, 0.3) is 0 Å². The van der Waals surface area contributed by atoms with Crippen molar-refractivity contribution in [3.63, 3.8) is 0 Å². The molecule has 0 aromatic heterocycles. The van der Waals surface area contributed by atoms with E-state index in [0.29, 0.717) is 17.1 Å². The Morgan fingerprint density at radius 3 is 2.45 bits per heavy atom. The average Bonchev–Trinajstić information content (AvgIpc) is 2.36. The Morgan fingerprint density at radius 2 is 1.90 bits per heavy atom. The maximum absolute atomic E-state index is 11.5. The van der Waals surface area contributed by atoms with Gasteiger partial charge >= 0.3 is 5.97 Å². The van der Waals surface area contributed by atoms with Gasteiger partial charge in [0.15, 0.2) is 0 Å². The number of nitriles is 1. The van der Waals surface area contributed by atoms with Crippen molar-refractivity contribution in [2.75, 3.05) is 13.7 Å². The molecule has 5 nitrogen and oxygen atoms in total. The van der Waals surface area contributed by atoms with Crippen molar-refractivity contribution in [3.8, 4) is 17.6 Å². The van der Waals surface area contributed by atoms with Crippen molar-refractivity contribution in [1.82, 2.24) is 0 Å². The predicted molar refractivity (Wildman–Crippen MR) is 73.7 cm³/mol. The molecular formula is C15H19NO4. The highest BCUT2D eigenvalue weighted by atomic mass is 16.6. The lowest BCUT2D eigenvalue weighted by atomic mass is 10.2. The molecule has 0 unspecified atom stereocenters. The quantitative estimate of drug-likeness (QED) is 0.774. The average molecular weight is 277 g/mol. The van der Waals surface area contributed by atoms with Crippen LogP contribution in [0.5, 0.6) is 11.5 Å². The van der Waals surface area contributed by atoms with Crippen LogP contribution in [0.15, 0.2) is 18.2 Å². The van der Waals surface area contributed by atoms with Gasteiger partial charge in [-0.05, 0) is 32.9 Å². The molecule has 20 heavy (non-hydrogen) atoms. The zero-order chi connectivity index (χ0) is 15.2. The summed E-state index contributed by atoms with van der Waals surface area (Å²) in [5.41, 5.74) is -0.0577. The smallest absolute Gasteiger partial charge is 0.309 e. The SMILES string of the molecule is COc1cc(C#N)cc(OCCC(=O)OC(C)(C)C)c1. The van der Waals surface area contributed by atoms with Crippen LogP contribution >= 0.6 is 0 Å². The van der Waals surface area contributed by atoms with Gasteiger partial charge in [0.05, 0.1) is 31.8 Å². The molecule has 0 saturated carbocycles. The number of benzene rings is 1. The molecule has 0 saturated heterocycles. The number of hydrogen-bond acceptors (Lipinski definition) is 5. The summed E-state index contributed by atoms with van der Waals surface area (Å²) in [5, 5.41) is 8.89. The van der Waals surface area contributed by atoms with Crippen LogP contribution in [0.2, 0.25) is 0 Å². The van der Waals surface area contributed by atoms with Crippen molar-refractivity contribution in [3.05, 3.63) is 23.8 Å². The number of methoxy groups -OCH3 is 1. The Labute approximate surface area is 119 Å². The van der Waals surface area contributed by atoms with E-state index in [2.05, 4.69) is 0 Å².